The summed E-state index contributed by atoms with van der Waals surface area (Å²) >= 11 is 3.56. The first kappa shape index (κ1) is 26.3. The molecule has 0 heterocycles. The van der Waals surface area contributed by atoms with E-state index in [1.807, 2.05) is 56.3 Å². The molecule has 1 fully saturated rings. The number of halogens is 1. The van der Waals surface area contributed by atoms with Crippen molar-refractivity contribution in [2.75, 3.05) is 6.61 Å². The van der Waals surface area contributed by atoms with Crippen molar-refractivity contribution in [3.63, 3.8) is 0 Å². The molecule has 1 atom stereocenters. The minimum Gasteiger partial charge on any atom is -0.483 e. The lowest BCUT2D eigenvalue weighted by molar-refractivity contribution is -0.142. The van der Waals surface area contributed by atoms with E-state index in [-0.39, 0.29) is 24.5 Å². The predicted octanol–water partition coefficient (Wildman–Crippen LogP) is 6.13. The summed E-state index contributed by atoms with van der Waals surface area (Å²) < 4.78 is 6.71. The Morgan fingerprint density at radius 3 is 2.44 bits per heavy atom. The first-order valence-electron chi connectivity index (χ1n) is 12.3. The molecule has 3 rings (SSSR count). The van der Waals surface area contributed by atoms with Crippen LogP contribution in [0.25, 0.3) is 0 Å². The van der Waals surface area contributed by atoms with Crippen molar-refractivity contribution in [2.45, 2.75) is 84.3 Å². The maximum absolute atomic E-state index is 13.4. The van der Waals surface area contributed by atoms with Crippen molar-refractivity contribution in [3.8, 4) is 5.75 Å². The summed E-state index contributed by atoms with van der Waals surface area (Å²) in [5.41, 5.74) is 3.31. The zero-order chi connectivity index (χ0) is 24.7. The smallest absolute Gasteiger partial charge is 0.261 e. The summed E-state index contributed by atoms with van der Waals surface area (Å²) in [6.45, 7) is 8.33. The molecule has 0 unspecified atom stereocenters. The number of carbonyl (C=O) groups excluding carboxylic acids is 2. The molecule has 6 heteroatoms. The third kappa shape index (κ3) is 7.08. The van der Waals surface area contributed by atoms with Crippen LogP contribution in [0.1, 0.15) is 75.5 Å². The van der Waals surface area contributed by atoms with E-state index in [4.69, 9.17) is 4.74 Å². The second kappa shape index (κ2) is 12.4. The molecule has 5 nitrogen and oxygen atoms in total. The number of hydrogen-bond donors (Lipinski definition) is 1. The zero-order valence-corrected chi connectivity index (χ0v) is 22.4. The van der Waals surface area contributed by atoms with Crippen molar-refractivity contribution >= 4 is 27.7 Å². The van der Waals surface area contributed by atoms with Crippen molar-refractivity contribution in [1.82, 2.24) is 10.2 Å². The summed E-state index contributed by atoms with van der Waals surface area (Å²) in [6.07, 6.45) is 5.53. The summed E-state index contributed by atoms with van der Waals surface area (Å²) in [4.78, 5) is 28.1. The number of benzene rings is 2. The summed E-state index contributed by atoms with van der Waals surface area (Å²) in [6, 6.07) is 13.5. The van der Waals surface area contributed by atoms with Crippen molar-refractivity contribution in [1.29, 1.82) is 0 Å². The number of carbonyl (C=O) groups is 2. The van der Waals surface area contributed by atoms with E-state index in [0.29, 0.717) is 18.2 Å². The number of nitrogens with one attached hydrogen (secondary N) is 1. The van der Waals surface area contributed by atoms with Gasteiger partial charge in [0.05, 0.1) is 4.47 Å². The van der Waals surface area contributed by atoms with Gasteiger partial charge < -0.3 is 15.0 Å². The molecule has 1 aliphatic carbocycles. The Labute approximate surface area is 212 Å². The van der Waals surface area contributed by atoms with Gasteiger partial charge in [-0.15, -0.1) is 0 Å². The molecule has 0 bridgehead atoms. The summed E-state index contributed by atoms with van der Waals surface area (Å²) in [5.74, 6) is 0.707. The molecular weight excluding hydrogens is 492 g/mol. The highest BCUT2D eigenvalue weighted by atomic mass is 79.9. The molecule has 2 aromatic carbocycles. The van der Waals surface area contributed by atoms with Gasteiger partial charge in [0.1, 0.15) is 11.8 Å². The summed E-state index contributed by atoms with van der Waals surface area (Å²) in [5, 5.41) is 3.17. The van der Waals surface area contributed by atoms with Crippen LogP contribution >= 0.6 is 15.9 Å². The fourth-order valence-electron chi connectivity index (χ4n) is 4.34. The van der Waals surface area contributed by atoms with Crippen LogP contribution in [0.15, 0.2) is 46.9 Å². The lowest BCUT2D eigenvalue weighted by atomic mass is 9.95. The lowest BCUT2D eigenvalue weighted by Crippen LogP contribution is -2.51. The molecular formula is C28H37BrN2O3. The highest BCUT2D eigenvalue weighted by Crippen LogP contribution is 2.29. The zero-order valence-electron chi connectivity index (χ0n) is 20.8. The third-order valence-corrected chi connectivity index (χ3v) is 7.31. The monoisotopic (exact) mass is 528 g/mol. The number of ether oxygens (including phenoxy) is 1. The van der Waals surface area contributed by atoms with Gasteiger partial charge in [0.2, 0.25) is 5.91 Å². The topological polar surface area (TPSA) is 58.6 Å². The molecule has 0 saturated heterocycles. The van der Waals surface area contributed by atoms with E-state index in [1.54, 1.807) is 4.90 Å². The van der Waals surface area contributed by atoms with Crippen LogP contribution < -0.4 is 10.1 Å². The Kier molecular flexibility index (Phi) is 9.57. The lowest BCUT2D eigenvalue weighted by Gasteiger charge is -2.31. The molecule has 1 aliphatic rings. The molecule has 34 heavy (non-hydrogen) atoms. The van der Waals surface area contributed by atoms with E-state index in [2.05, 4.69) is 35.1 Å². The van der Waals surface area contributed by atoms with Crippen LogP contribution in [0.4, 0.5) is 0 Å². The van der Waals surface area contributed by atoms with Gasteiger partial charge in [0, 0.05) is 12.6 Å². The third-order valence-electron chi connectivity index (χ3n) is 6.69. The number of amides is 2. The minimum absolute atomic E-state index is 0.101. The van der Waals surface area contributed by atoms with Gasteiger partial charge in [-0.3, -0.25) is 9.59 Å². The minimum atomic E-state index is -0.593. The standard InChI is InChI=1S/C28H37BrN2O3/c1-19(2)22-14-15-26(25(29)16-22)34-18-27(32)31(17-23-11-9-8-10-20(23)3)21(4)28(33)30-24-12-6-5-7-13-24/h8-11,14-16,19,21,24H,5-7,12-13,17-18H2,1-4H3,(H,30,33)/t21-/m1/s1. The van der Waals surface area contributed by atoms with E-state index in [0.717, 1.165) is 41.3 Å². The predicted molar refractivity (Wildman–Crippen MR) is 140 cm³/mol. The molecule has 1 saturated carbocycles. The van der Waals surface area contributed by atoms with Crippen LogP contribution in [-0.2, 0) is 16.1 Å². The van der Waals surface area contributed by atoms with Crippen molar-refractivity contribution in [3.05, 3.63) is 63.6 Å². The first-order valence-corrected chi connectivity index (χ1v) is 13.1. The Hall–Kier alpha value is -2.34. The first-order chi connectivity index (χ1) is 16.3. The average molecular weight is 530 g/mol. The Morgan fingerprint density at radius 1 is 1.09 bits per heavy atom. The van der Waals surface area contributed by atoms with Gasteiger partial charge >= 0.3 is 0 Å². The van der Waals surface area contributed by atoms with Crippen molar-refractivity contribution < 1.29 is 14.3 Å². The number of nitrogens with zero attached hydrogens (tertiary/aromatic N) is 1. The van der Waals surface area contributed by atoms with E-state index in [1.165, 1.54) is 12.0 Å². The van der Waals surface area contributed by atoms with Crippen LogP contribution in [0.3, 0.4) is 0 Å². The molecule has 2 amide bonds. The molecule has 2 aromatic rings. The van der Waals surface area contributed by atoms with Gasteiger partial charge in [-0.1, -0.05) is 63.4 Å². The van der Waals surface area contributed by atoms with Gasteiger partial charge in [-0.05, 0) is 77.4 Å². The van der Waals surface area contributed by atoms with Gasteiger partial charge in [-0.25, -0.2) is 0 Å². The van der Waals surface area contributed by atoms with Crippen LogP contribution in [0.2, 0.25) is 0 Å². The molecule has 0 radical (unpaired) electrons. The maximum Gasteiger partial charge on any atom is 0.261 e. The SMILES string of the molecule is Cc1ccccc1CN(C(=O)COc1ccc(C(C)C)cc1Br)[C@H](C)C(=O)NC1CCCCC1. The molecule has 0 aromatic heterocycles. The van der Waals surface area contributed by atoms with E-state index >= 15 is 0 Å². The largest absolute Gasteiger partial charge is 0.483 e. The fourth-order valence-corrected chi connectivity index (χ4v) is 4.85. The molecule has 0 aliphatic heterocycles. The molecule has 1 N–H and O–H groups in total. The quantitative estimate of drug-likeness (QED) is 0.426. The Balaban J connectivity index is 1.73. The molecule has 0 spiro atoms. The van der Waals surface area contributed by atoms with Crippen LogP contribution in [0, 0.1) is 6.92 Å². The number of aryl methyl sites for hydroxylation is 1. The fraction of sp³-hybridized carbons (Fsp3) is 0.500. The maximum atomic E-state index is 13.4. The van der Waals surface area contributed by atoms with Crippen LogP contribution in [-0.4, -0.2) is 35.4 Å². The second-order valence-corrected chi connectivity index (χ2v) is 10.5. The average Bonchev–Trinajstić information content (AvgIpc) is 2.82. The van der Waals surface area contributed by atoms with E-state index < -0.39 is 6.04 Å². The van der Waals surface area contributed by atoms with Crippen LogP contribution in [0.5, 0.6) is 5.75 Å². The number of hydrogen-bond acceptors (Lipinski definition) is 3. The van der Waals surface area contributed by atoms with Gasteiger partial charge in [-0.2, -0.15) is 0 Å². The molecule has 184 valence electrons. The van der Waals surface area contributed by atoms with Crippen molar-refractivity contribution in [2.24, 2.45) is 0 Å². The van der Waals surface area contributed by atoms with Gasteiger partial charge in [0.15, 0.2) is 6.61 Å². The second-order valence-electron chi connectivity index (χ2n) is 9.60. The Morgan fingerprint density at radius 2 is 1.79 bits per heavy atom. The Bertz CT molecular complexity index is 985. The highest BCUT2D eigenvalue weighted by molar-refractivity contribution is 9.10. The van der Waals surface area contributed by atoms with E-state index in [9.17, 15) is 9.59 Å². The normalized spacial score (nSPS) is 15.1. The van der Waals surface area contributed by atoms with Gasteiger partial charge in [0.25, 0.3) is 5.91 Å². The summed E-state index contributed by atoms with van der Waals surface area (Å²) in [7, 11) is 0. The number of rotatable bonds is 9. The highest BCUT2D eigenvalue weighted by Gasteiger charge is 2.28.